The average molecular weight is 1930 g/mol. The van der Waals surface area contributed by atoms with Crippen LogP contribution in [0.5, 0.6) is 0 Å². The van der Waals surface area contributed by atoms with Crippen LogP contribution in [0.25, 0.3) is 0 Å². The first-order chi connectivity index (χ1) is 62.3. The van der Waals surface area contributed by atoms with E-state index in [2.05, 4.69) is 26.6 Å². The largest absolute Gasteiger partial charge is 0.477 e. The Hall–Kier alpha value is -5.06. The number of carboxylic acid groups (broad SMARTS) is 1. The molecular weight excluding hydrogens is 1810 g/mol. The van der Waals surface area contributed by atoms with Gasteiger partial charge >= 0.3 is 5.97 Å². The van der Waals surface area contributed by atoms with Crippen LogP contribution >= 0.6 is 0 Å². The number of carboxylic acids is 1. The molecule has 10 fully saturated rings. The maximum atomic E-state index is 13.1. The van der Waals surface area contributed by atoms with Crippen LogP contribution in [0.4, 0.5) is 0 Å². The van der Waals surface area contributed by atoms with Crippen molar-refractivity contribution in [2.45, 2.75) is 353 Å². The molecule has 34 N–H and O–H groups in total. The molecule has 0 spiro atoms. The lowest BCUT2D eigenvalue weighted by atomic mass is 9.88. The second kappa shape index (κ2) is 47.3. The van der Waals surface area contributed by atoms with Crippen molar-refractivity contribution in [1.82, 2.24) is 26.6 Å². The first-order valence-corrected chi connectivity index (χ1v) is 41.8. The molecule has 0 aromatic carbocycles. The number of hydrogen-bond donors (Lipinski definition) is 34. The summed E-state index contributed by atoms with van der Waals surface area (Å²) in [5.74, 6) is -9.75. The number of carbonyl (C=O) groups is 6. The maximum absolute atomic E-state index is 13.1. The van der Waals surface area contributed by atoms with Crippen LogP contribution in [-0.2, 0) is 119 Å². The van der Waals surface area contributed by atoms with Gasteiger partial charge in [-0.25, -0.2) is 4.79 Å². The Morgan fingerprint density at radius 1 is 0.311 bits per heavy atom. The van der Waals surface area contributed by atoms with Gasteiger partial charge in [0.15, 0.2) is 56.6 Å². The maximum Gasteiger partial charge on any atom is 0.364 e. The molecule has 51 atom stereocenters. The summed E-state index contributed by atoms with van der Waals surface area (Å²) < 4.78 is 111. The summed E-state index contributed by atoms with van der Waals surface area (Å²) in [4.78, 5) is 76.6. The van der Waals surface area contributed by atoms with Crippen molar-refractivity contribution in [3.63, 3.8) is 0 Å². The van der Waals surface area contributed by atoms with E-state index in [0.29, 0.717) is 0 Å². The van der Waals surface area contributed by atoms with Crippen molar-refractivity contribution < 1.29 is 267 Å². The molecule has 59 nitrogen and oxygen atoms in total. The predicted molar refractivity (Wildman–Crippen MR) is 405 cm³/mol. The van der Waals surface area contributed by atoms with Gasteiger partial charge in [-0.3, -0.25) is 24.0 Å². The third-order valence-corrected chi connectivity index (χ3v) is 23.8. The number of carbonyl (C=O) groups excluding carboxylic acids is 5. The zero-order valence-electron chi connectivity index (χ0n) is 70.8. The third kappa shape index (κ3) is 24.1. The summed E-state index contributed by atoms with van der Waals surface area (Å²) >= 11 is 0. The van der Waals surface area contributed by atoms with Gasteiger partial charge in [-0.1, -0.05) is 0 Å². The summed E-state index contributed by atoms with van der Waals surface area (Å²) in [5, 5.41) is 334. The highest BCUT2D eigenvalue weighted by atomic mass is 16.8. The zero-order valence-corrected chi connectivity index (χ0v) is 70.8. The summed E-state index contributed by atoms with van der Waals surface area (Å²) in [6.45, 7) is -6.73. The van der Waals surface area contributed by atoms with Gasteiger partial charge in [0, 0.05) is 41.0 Å². The number of rotatable bonds is 36. The summed E-state index contributed by atoms with van der Waals surface area (Å²) in [5.41, 5.74) is 0. The predicted octanol–water partition coefficient (Wildman–Crippen LogP) is -22.9. The van der Waals surface area contributed by atoms with Crippen LogP contribution in [0.2, 0.25) is 0 Å². The molecule has 0 saturated carbocycles. The van der Waals surface area contributed by atoms with Crippen molar-refractivity contribution in [2.24, 2.45) is 0 Å². The summed E-state index contributed by atoms with van der Waals surface area (Å²) in [7, 11) is 0. The van der Waals surface area contributed by atoms with Crippen LogP contribution < -0.4 is 26.6 Å². The molecule has 10 saturated heterocycles. The Morgan fingerprint density at radius 2 is 0.606 bits per heavy atom. The Balaban J connectivity index is 0.858. The number of amides is 5. The number of aliphatic carboxylic acids is 1. The minimum absolute atomic E-state index is 0.801. The smallest absolute Gasteiger partial charge is 0.364 e. The SMILES string of the molecule is CC(=O)N[C@H]1[C@H](O[C@H]2[C@@H](O)[C@@H](CO[C@@H]3O[C@H](CO)[C@@H](O[C@@H]4O[C@H](CO)[C@H](O)[C@H](OC5O[C@H](CO)[C@@H](O[C@@H]6O[C@H](CO)[C@H](O)[C@H](O[C@@H]7O[C@H](CO)[C@@H](O)[C@H](O)[C@H]7NC(C)=O)[C@H]6O)[C@H](O)[C@H]5NC(C)=O)[C@H]4O)[C@H](O)[C@H]3NC(C)=O)O[C@@H](O[C@H]3[C@H](O)[C@@H](O)C(O)O[C@@H]3CO)[C@@H]2O)O[C@H](CO)[C@@H](O[C@@H]2O[C@H](CO[C@]3(C(=O)O)C[C@H](O)[C@@H](NC(C)=O)[C@H]([C@H](O)[C@H](O)CO)O3)[C@H](O)[C@H](O)[C@H]2O)[C@@H]1O. The minimum Gasteiger partial charge on any atom is -0.477 e. The molecule has 0 aliphatic carbocycles. The molecule has 10 rings (SSSR count). The van der Waals surface area contributed by atoms with Gasteiger partial charge in [-0.15, -0.1) is 0 Å². The van der Waals surface area contributed by atoms with Gasteiger partial charge in [-0.2, -0.15) is 0 Å². The van der Waals surface area contributed by atoms with E-state index in [4.69, 9.17) is 90.0 Å². The molecule has 132 heavy (non-hydrogen) atoms. The van der Waals surface area contributed by atoms with Gasteiger partial charge in [0.25, 0.3) is 5.79 Å². The minimum atomic E-state index is -3.09. The van der Waals surface area contributed by atoms with Crippen molar-refractivity contribution in [2.75, 3.05) is 66.1 Å². The van der Waals surface area contributed by atoms with Crippen molar-refractivity contribution >= 4 is 35.5 Å². The van der Waals surface area contributed by atoms with Crippen molar-refractivity contribution in [3.05, 3.63) is 0 Å². The molecule has 2 unspecified atom stereocenters. The molecule has 0 radical (unpaired) electrons. The average Bonchev–Trinajstić information content (AvgIpc) is 0.767. The van der Waals surface area contributed by atoms with E-state index in [-0.39, 0.29) is 0 Å². The normalized spacial score (nSPS) is 47.2. The van der Waals surface area contributed by atoms with Crippen LogP contribution in [-0.4, -0.2) is 562 Å². The topological polar surface area (TPSA) is 925 Å². The fourth-order valence-corrected chi connectivity index (χ4v) is 17.0. The second-order valence-electron chi connectivity index (χ2n) is 33.2. The second-order valence-corrected chi connectivity index (χ2v) is 33.2. The lowest BCUT2D eigenvalue weighted by molar-refractivity contribution is -0.387. The van der Waals surface area contributed by atoms with Crippen molar-refractivity contribution in [1.29, 1.82) is 0 Å². The lowest BCUT2D eigenvalue weighted by Gasteiger charge is -2.51. The van der Waals surface area contributed by atoms with E-state index < -0.39 is 420 Å². The van der Waals surface area contributed by atoms with E-state index >= 15 is 0 Å². The molecule has 0 aromatic heterocycles. The fraction of sp³-hybridized carbons (Fsp3) is 0.918. The monoisotopic (exact) mass is 1930 g/mol. The zero-order chi connectivity index (χ0) is 97.6. The molecule has 762 valence electrons. The van der Waals surface area contributed by atoms with Crippen LogP contribution in [0.1, 0.15) is 41.0 Å². The Morgan fingerprint density at radius 3 is 0.985 bits per heavy atom. The molecule has 0 aromatic rings. The summed E-state index contributed by atoms with van der Waals surface area (Å²) in [6, 6.07) is -9.30. The summed E-state index contributed by atoms with van der Waals surface area (Å²) in [6.07, 6.45) is -96.6. The highest BCUT2D eigenvalue weighted by Crippen LogP contribution is 2.42. The van der Waals surface area contributed by atoms with Crippen molar-refractivity contribution in [3.8, 4) is 0 Å². The highest BCUT2D eigenvalue weighted by Gasteiger charge is 2.63. The van der Waals surface area contributed by atoms with Crippen LogP contribution in [0, 0.1) is 0 Å². The Bertz CT molecular complexity index is 3680. The van der Waals surface area contributed by atoms with E-state index in [1.165, 1.54) is 0 Å². The Labute approximate surface area is 746 Å². The first kappa shape index (κ1) is 109. The van der Waals surface area contributed by atoms with E-state index in [1.807, 2.05) is 0 Å². The Kier molecular flexibility index (Phi) is 39.0. The molecule has 5 amide bonds. The van der Waals surface area contributed by atoms with Crippen LogP contribution in [0.3, 0.4) is 0 Å². The first-order valence-electron chi connectivity index (χ1n) is 41.8. The molecule has 10 heterocycles. The van der Waals surface area contributed by atoms with E-state index in [0.717, 1.165) is 34.6 Å². The quantitative estimate of drug-likeness (QED) is 0.0277. The standard InChI is InChI=1S/C73H121N5O54/c1-17(87)74-33-22(92)6-73(72(112)113,132-59(33)38(94)23(93)7-79)115-16-32-40(96)48(104)51(107)68(124-32)125-56-29(13-85)121-67(36(46(56)102)77-20(4)90)131-62-43(99)31(123-71(54(62)110)128-58-27(11-83)116-63(111)50(106)49(58)105)15-114-64-35(76-19(3)89)45(101)55(28(12-84)120-64)126-69-53(109)61(42(98)26(10-82)118-69)130-66-37(78-21(5)91)47(103)57(30(14-86)122-66)127-70-52(108)60(41(97)25(9-81)119-70)129-65-34(75-18(2)88)44(100)39(95)24(8-80)117-65/h22-71,79-86,92-111H,6-16H2,1-5H3,(H,74,87)(H,75,88)(H,76,89)(H,77,90)(H,78,91)(H,112,113)/t22-,23+,24+,25+,26+,27+,28+,29+,30+,31+,32+,33+,34+,35+,36+,37+,38+,39+,40-,41-,42-,43-,44+,45+,46+,47+,48-,49+,50+,51+,52+,53+,54+,55+,56+,57+,58+,59+,60-,61-,62-,63?,64+,65-,66?,67-,68-,69-,70-,71-,73+/m0/s1. The third-order valence-electron chi connectivity index (χ3n) is 23.8. The van der Waals surface area contributed by atoms with Gasteiger partial charge in [-0.05, 0) is 0 Å². The van der Waals surface area contributed by atoms with E-state index in [9.17, 15) is 177 Å². The number of nitrogens with one attached hydrogen (secondary N) is 5. The lowest BCUT2D eigenvalue weighted by Crippen LogP contribution is -2.70. The molecule has 59 heteroatoms. The van der Waals surface area contributed by atoms with E-state index in [1.54, 1.807) is 0 Å². The molecule has 10 aliphatic heterocycles. The molecule has 10 aliphatic rings. The molecular formula is C73H121N5O54. The van der Waals surface area contributed by atoms with Crippen LogP contribution in [0.15, 0.2) is 0 Å². The molecule has 0 bridgehead atoms. The number of aliphatic hydroxyl groups is 28. The van der Waals surface area contributed by atoms with Gasteiger partial charge in [0.1, 0.15) is 238 Å². The number of aliphatic hydroxyl groups excluding tert-OH is 28. The van der Waals surface area contributed by atoms with Gasteiger partial charge in [0.05, 0.1) is 78.2 Å². The highest BCUT2D eigenvalue weighted by molar-refractivity contribution is 5.77. The van der Waals surface area contributed by atoms with Gasteiger partial charge < -0.3 is 265 Å². The number of ether oxygens (including phenoxy) is 19. The van der Waals surface area contributed by atoms with Gasteiger partial charge in [0.2, 0.25) is 29.5 Å². The fourth-order valence-electron chi connectivity index (χ4n) is 17.0. The number of hydrogen-bond acceptors (Lipinski definition) is 53.